The molecular formula is C26H32FN5O3. The number of carbonyl (C=O) groups is 3. The van der Waals surface area contributed by atoms with E-state index in [2.05, 4.69) is 5.32 Å². The van der Waals surface area contributed by atoms with Crippen molar-refractivity contribution in [3.63, 3.8) is 0 Å². The van der Waals surface area contributed by atoms with Crippen LogP contribution in [0.15, 0.2) is 54.6 Å². The van der Waals surface area contributed by atoms with Crippen LogP contribution in [0.4, 0.5) is 9.18 Å². The number of fused-ring (bicyclic) bond motifs is 1. The van der Waals surface area contributed by atoms with E-state index in [9.17, 15) is 18.8 Å². The number of hydrazine groups is 1. The molecule has 0 bridgehead atoms. The average molecular weight is 482 g/mol. The third-order valence-corrected chi connectivity index (χ3v) is 6.58. The highest BCUT2D eigenvalue weighted by Gasteiger charge is 2.51. The van der Waals surface area contributed by atoms with Crippen LogP contribution in [0.5, 0.6) is 0 Å². The lowest BCUT2D eigenvalue weighted by Gasteiger charge is -2.55. The zero-order chi connectivity index (χ0) is 25.1. The molecule has 0 saturated carbocycles. The summed E-state index contributed by atoms with van der Waals surface area (Å²) in [7, 11) is 1.71. The third-order valence-electron chi connectivity index (χ3n) is 6.58. The van der Waals surface area contributed by atoms with E-state index in [-0.39, 0.29) is 42.7 Å². The van der Waals surface area contributed by atoms with Gasteiger partial charge < -0.3 is 15.1 Å². The van der Waals surface area contributed by atoms with Crippen molar-refractivity contribution >= 4 is 17.8 Å². The van der Waals surface area contributed by atoms with Crippen LogP contribution < -0.4 is 5.32 Å². The second kappa shape index (κ2) is 10.4. The molecule has 2 aromatic carbocycles. The number of piperazine rings is 1. The van der Waals surface area contributed by atoms with Crippen molar-refractivity contribution < 1.29 is 18.8 Å². The number of hydrogen-bond donors (Lipinski definition) is 1. The summed E-state index contributed by atoms with van der Waals surface area (Å²) in [5.41, 5.74) is 1.88. The van der Waals surface area contributed by atoms with Gasteiger partial charge in [-0.1, -0.05) is 56.3 Å². The van der Waals surface area contributed by atoms with E-state index in [1.54, 1.807) is 39.0 Å². The van der Waals surface area contributed by atoms with Gasteiger partial charge in [0.1, 0.15) is 18.0 Å². The Bertz CT molecular complexity index is 1060. The summed E-state index contributed by atoms with van der Waals surface area (Å²) >= 11 is 0. The van der Waals surface area contributed by atoms with Crippen molar-refractivity contribution in [2.24, 2.45) is 5.92 Å². The molecule has 2 heterocycles. The molecule has 8 nitrogen and oxygen atoms in total. The van der Waals surface area contributed by atoms with Crippen LogP contribution in [0, 0.1) is 11.7 Å². The number of rotatable bonds is 6. The summed E-state index contributed by atoms with van der Waals surface area (Å²) in [5.74, 6) is -0.727. The molecule has 2 saturated heterocycles. The van der Waals surface area contributed by atoms with Crippen molar-refractivity contribution in [1.29, 1.82) is 0 Å². The first kappa shape index (κ1) is 24.7. The monoisotopic (exact) mass is 481 g/mol. The smallest absolute Gasteiger partial charge is 0.334 e. The Morgan fingerprint density at radius 1 is 1.06 bits per heavy atom. The Hall–Kier alpha value is -3.46. The lowest BCUT2D eigenvalue weighted by atomic mass is 9.96. The molecule has 0 aromatic heterocycles. The number of benzene rings is 2. The molecule has 2 fully saturated rings. The Morgan fingerprint density at radius 3 is 2.40 bits per heavy atom. The molecule has 2 aromatic rings. The van der Waals surface area contributed by atoms with Gasteiger partial charge in [-0.05, 0) is 35.6 Å². The highest BCUT2D eigenvalue weighted by Crippen LogP contribution is 2.29. The third kappa shape index (κ3) is 5.30. The van der Waals surface area contributed by atoms with Crippen LogP contribution in [0.25, 0.3) is 0 Å². The van der Waals surface area contributed by atoms with Crippen LogP contribution in [-0.2, 0) is 22.6 Å². The van der Waals surface area contributed by atoms with Gasteiger partial charge in [-0.25, -0.2) is 19.2 Å². The fourth-order valence-corrected chi connectivity index (χ4v) is 4.83. The molecule has 9 heteroatoms. The molecule has 35 heavy (non-hydrogen) atoms. The molecular weight excluding hydrogens is 449 g/mol. The second-order valence-corrected chi connectivity index (χ2v) is 9.44. The molecule has 0 radical (unpaired) electrons. The molecule has 1 N–H and O–H groups in total. The minimum atomic E-state index is -0.660. The van der Waals surface area contributed by atoms with Crippen LogP contribution in [0.1, 0.15) is 25.0 Å². The van der Waals surface area contributed by atoms with E-state index in [0.29, 0.717) is 19.5 Å². The molecule has 4 rings (SSSR count). The summed E-state index contributed by atoms with van der Waals surface area (Å²) in [5, 5.41) is 6.12. The predicted octanol–water partition coefficient (Wildman–Crippen LogP) is 2.46. The van der Waals surface area contributed by atoms with E-state index in [1.165, 1.54) is 12.1 Å². The first-order chi connectivity index (χ1) is 16.8. The average Bonchev–Trinajstić information content (AvgIpc) is 2.83. The number of nitrogens with one attached hydrogen (secondary N) is 1. The normalized spacial score (nSPS) is 20.9. The topological polar surface area (TPSA) is 76.2 Å². The molecule has 0 aliphatic carbocycles. The number of likely N-dealkylation sites (N-methyl/N-ethyl adjacent to an activating group) is 1. The minimum absolute atomic E-state index is 0.0152. The zero-order valence-corrected chi connectivity index (χ0v) is 20.4. The fourth-order valence-electron chi connectivity index (χ4n) is 4.83. The largest absolute Gasteiger partial charge is 0.337 e. The molecule has 2 atom stereocenters. The van der Waals surface area contributed by atoms with Crippen molar-refractivity contribution in [2.75, 3.05) is 26.7 Å². The fraction of sp³-hybridized carbons (Fsp3) is 0.423. The van der Waals surface area contributed by atoms with E-state index < -0.39 is 12.2 Å². The summed E-state index contributed by atoms with van der Waals surface area (Å²) in [6, 6.07) is 14.8. The lowest BCUT2D eigenvalue weighted by Crippen LogP contribution is -2.76. The molecule has 186 valence electrons. The Kier molecular flexibility index (Phi) is 7.35. The van der Waals surface area contributed by atoms with E-state index in [0.717, 1.165) is 11.1 Å². The summed E-state index contributed by atoms with van der Waals surface area (Å²) in [6.45, 7) is 4.81. The van der Waals surface area contributed by atoms with Crippen molar-refractivity contribution in [1.82, 2.24) is 25.1 Å². The van der Waals surface area contributed by atoms with Gasteiger partial charge in [-0.2, -0.15) is 0 Å². The number of nitrogens with zero attached hydrogens (tertiary/aromatic N) is 4. The van der Waals surface area contributed by atoms with Crippen LogP contribution in [0.3, 0.4) is 0 Å². The maximum absolute atomic E-state index is 13.5. The van der Waals surface area contributed by atoms with Gasteiger partial charge in [0.15, 0.2) is 0 Å². The SMILES string of the molecule is CC(C)[C@H]1C(=O)N(CCc2ccc(F)cc2)C[C@H]2N1C(=O)CN(C)N2C(=O)NCc1ccccc1. The van der Waals surface area contributed by atoms with Crippen LogP contribution in [-0.4, -0.2) is 76.6 Å². The Balaban J connectivity index is 1.55. The van der Waals surface area contributed by atoms with Gasteiger partial charge in [0.25, 0.3) is 0 Å². The first-order valence-corrected chi connectivity index (χ1v) is 11.9. The van der Waals surface area contributed by atoms with Gasteiger partial charge in [0, 0.05) is 20.1 Å². The number of carbonyl (C=O) groups excluding carboxylic acids is 3. The Labute approximate surface area is 205 Å². The lowest BCUT2D eigenvalue weighted by molar-refractivity contribution is -0.189. The molecule has 4 amide bonds. The van der Waals surface area contributed by atoms with Crippen LogP contribution >= 0.6 is 0 Å². The number of urea groups is 1. The van der Waals surface area contributed by atoms with E-state index in [4.69, 9.17) is 0 Å². The number of amides is 4. The van der Waals surface area contributed by atoms with Crippen molar-refractivity contribution in [3.8, 4) is 0 Å². The van der Waals surface area contributed by atoms with Crippen LogP contribution in [0.2, 0.25) is 0 Å². The maximum Gasteiger partial charge on any atom is 0.334 e. The van der Waals surface area contributed by atoms with Crippen molar-refractivity contribution in [2.45, 2.75) is 39.0 Å². The first-order valence-electron chi connectivity index (χ1n) is 11.9. The summed E-state index contributed by atoms with van der Waals surface area (Å²) in [4.78, 5) is 43.2. The molecule has 0 spiro atoms. The molecule has 2 aliphatic heterocycles. The highest BCUT2D eigenvalue weighted by molar-refractivity contribution is 5.91. The van der Waals surface area contributed by atoms with Gasteiger partial charge in [0.2, 0.25) is 11.8 Å². The Morgan fingerprint density at radius 2 is 1.74 bits per heavy atom. The predicted molar refractivity (Wildman–Crippen MR) is 129 cm³/mol. The zero-order valence-electron chi connectivity index (χ0n) is 20.4. The van der Waals surface area contributed by atoms with Crippen molar-refractivity contribution in [3.05, 3.63) is 71.5 Å². The van der Waals surface area contributed by atoms with Gasteiger partial charge in [-0.15, -0.1) is 0 Å². The quantitative estimate of drug-likeness (QED) is 0.688. The highest BCUT2D eigenvalue weighted by atomic mass is 19.1. The minimum Gasteiger partial charge on any atom is -0.337 e. The van der Waals surface area contributed by atoms with E-state index >= 15 is 0 Å². The molecule has 0 unspecified atom stereocenters. The number of halogens is 1. The van der Waals surface area contributed by atoms with Gasteiger partial charge in [-0.3, -0.25) is 9.59 Å². The van der Waals surface area contributed by atoms with Gasteiger partial charge in [0.05, 0.1) is 13.1 Å². The molecule has 2 aliphatic rings. The van der Waals surface area contributed by atoms with Gasteiger partial charge >= 0.3 is 6.03 Å². The summed E-state index contributed by atoms with van der Waals surface area (Å²) in [6.07, 6.45) is -0.0663. The van der Waals surface area contributed by atoms with E-state index in [1.807, 2.05) is 44.2 Å². The standard InChI is InChI=1S/C26H32FN5O3/c1-18(2)24-25(34)30(14-13-19-9-11-21(27)12-10-19)16-22-31(24)23(33)17-29(3)32(22)26(35)28-15-20-7-5-4-6-8-20/h4-12,18,22,24H,13-17H2,1-3H3,(H,28,35)/t22-,24-/m0/s1. The number of hydrogen-bond acceptors (Lipinski definition) is 4. The second-order valence-electron chi connectivity index (χ2n) is 9.44. The maximum atomic E-state index is 13.5. The summed E-state index contributed by atoms with van der Waals surface area (Å²) < 4.78 is 13.3.